The molecule has 0 fully saturated rings. The van der Waals surface area contributed by atoms with Crippen LogP contribution in [0.2, 0.25) is 0 Å². The lowest BCUT2D eigenvalue weighted by Crippen LogP contribution is -2.40. The first-order valence-corrected chi connectivity index (χ1v) is 10.2. The third-order valence-electron chi connectivity index (χ3n) is 4.45. The van der Waals surface area contributed by atoms with Gasteiger partial charge in [-0.3, -0.25) is 14.4 Å². The largest absolute Gasteiger partial charge is 0.356 e. The third-order valence-corrected chi connectivity index (χ3v) is 4.45. The molecule has 0 atom stereocenters. The topological polar surface area (TPSA) is 69.7 Å². The summed E-state index contributed by atoms with van der Waals surface area (Å²) in [5.74, 6) is -0.182. The van der Waals surface area contributed by atoms with Crippen LogP contribution in [0.1, 0.15) is 78.1 Å². The summed E-state index contributed by atoms with van der Waals surface area (Å²) >= 11 is 0. The van der Waals surface area contributed by atoms with Crippen LogP contribution in [0.4, 0.5) is 0 Å². The van der Waals surface area contributed by atoms with Gasteiger partial charge in [-0.25, -0.2) is 0 Å². The minimum Gasteiger partial charge on any atom is -0.356 e. The van der Waals surface area contributed by atoms with Gasteiger partial charge < -0.3 is 15.1 Å². The first-order valence-electron chi connectivity index (χ1n) is 10.2. The Hall–Kier alpha value is -1.59. The Morgan fingerprint density at radius 1 is 0.731 bits per heavy atom. The summed E-state index contributed by atoms with van der Waals surface area (Å²) in [6.07, 6.45) is 9.92. The maximum atomic E-state index is 12.0. The second-order valence-corrected chi connectivity index (χ2v) is 7.04. The van der Waals surface area contributed by atoms with Gasteiger partial charge >= 0.3 is 0 Å². The minimum absolute atomic E-state index is 0.00719. The predicted molar refractivity (Wildman–Crippen MR) is 106 cm³/mol. The smallest absolute Gasteiger partial charge is 0.241 e. The van der Waals surface area contributed by atoms with E-state index in [1.165, 1.54) is 37.0 Å². The molecule has 3 amide bonds. The number of unbranched alkanes of at least 4 members (excludes halogenated alkanes) is 6. The summed E-state index contributed by atoms with van der Waals surface area (Å²) in [5.41, 5.74) is 0. The monoisotopic (exact) mass is 369 g/mol. The average molecular weight is 370 g/mol. The number of hydrogen-bond donors (Lipinski definition) is 1. The number of hydrogen-bond acceptors (Lipinski definition) is 3. The summed E-state index contributed by atoms with van der Waals surface area (Å²) in [6, 6.07) is 0. The van der Waals surface area contributed by atoms with Gasteiger partial charge in [-0.1, -0.05) is 52.4 Å². The van der Waals surface area contributed by atoms with Gasteiger partial charge in [-0.05, 0) is 12.8 Å². The standard InChI is InChI=1S/C20H39N3O3/c1-5-7-8-9-10-11-12-13-18(24)21-15-14-19(25)23(4)17-20(26)22(3)16-6-2/h5-17H2,1-4H3,(H,21,24). The molecule has 0 aliphatic carbocycles. The highest BCUT2D eigenvalue weighted by Gasteiger charge is 2.15. The van der Waals surface area contributed by atoms with Crippen molar-refractivity contribution in [2.45, 2.75) is 78.1 Å². The van der Waals surface area contributed by atoms with Gasteiger partial charge in [-0.2, -0.15) is 0 Å². The molecule has 0 aromatic carbocycles. The first kappa shape index (κ1) is 24.4. The van der Waals surface area contributed by atoms with Crippen LogP contribution in [0.25, 0.3) is 0 Å². The van der Waals surface area contributed by atoms with Gasteiger partial charge in [0.05, 0.1) is 6.54 Å². The van der Waals surface area contributed by atoms with E-state index in [1.807, 2.05) is 6.92 Å². The highest BCUT2D eigenvalue weighted by Crippen LogP contribution is 2.08. The molecule has 0 radical (unpaired) electrons. The highest BCUT2D eigenvalue weighted by molar-refractivity contribution is 5.85. The van der Waals surface area contributed by atoms with E-state index < -0.39 is 0 Å². The molecule has 1 N–H and O–H groups in total. The second kappa shape index (κ2) is 15.6. The van der Waals surface area contributed by atoms with E-state index in [9.17, 15) is 14.4 Å². The number of rotatable bonds is 15. The number of amides is 3. The molecule has 0 aromatic rings. The maximum Gasteiger partial charge on any atom is 0.241 e. The lowest BCUT2D eigenvalue weighted by molar-refractivity contribution is -0.138. The quantitative estimate of drug-likeness (QED) is 0.451. The van der Waals surface area contributed by atoms with Gasteiger partial charge in [0, 0.05) is 40.0 Å². The average Bonchev–Trinajstić information content (AvgIpc) is 2.60. The van der Waals surface area contributed by atoms with Gasteiger partial charge in [-0.15, -0.1) is 0 Å². The van der Waals surface area contributed by atoms with E-state index in [4.69, 9.17) is 0 Å². The molecule has 6 nitrogen and oxygen atoms in total. The van der Waals surface area contributed by atoms with Crippen LogP contribution in [-0.4, -0.2) is 61.3 Å². The molecule has 6 heteroatoms. The van der Waals surface area contributed by atoms with E-state index in [0.717, 1.165) is 19.3 Å². The maximum absolute atomic E-state index is 12.0. The molecule has 0 aliphatic heterocycles. The highest BCUT2D eigenvalue weighted by atomic mass is 16.2. The molecule has 0 aromatic heterocycles. The summed E-state index contributed by atoms with van der Waals surface area (Å²) in [5, 5.41) is 2.79. The van der Waals surface area contributed by atoms with Crippen molar-refractivity contribution in [3.05, 3.63) is 0 Å². The van der Waals surface area contributed by atoms with Crippen molar-refractivity contribution in [1.82, 2.24) is 15.1 Å². The van der Waals surface area contributed by atoms with Crippen molar-refractivity contribution < 1.29 is 14.4 Å². The van der Waals surface area contributed by atoms with Crippen molar-refractivity contribution in [2.24, 2.45) is 0 Å². The lowest BCUT2D eigenvalue weighted by Gasteiger charge is -2.21. The van der Waals surface area contributed by atoms with Gasteiger partial charge in [0.1, 0.15) is 0 Å². The molecular formula is C20H39N3O3. The van der Waals surface area contributed by atoms with Crippen molar-refractivity contribution in [1.29, 1.82) is 0 Å². The van der Waals surface area contributed by atoms with Crippen LogP contribution < -0.4 is 5.32 Å². The van der Waals surface area contributed by atoms with Crippen LogP contribution >= 0.6 is 0 Å². The minimum atomic E-state index is -0.125. The number of likely N-dealkylation sites (N-methyl/N-ethyl adjacent to an activating group) is 2. The zero-order valence-electron chi connectivity index (χ0n) is 17.3. The molecule has 26 heavy (non-hydrogen) atoms. The van der Waals surface area contributed by atoms with Crippen molar-refractivity contribution >= 4 is 17.7 Å². The Labute approximate surface area is 159 Å². The Kier molecular flexibility index (Phi) is 14.7. The zero-order valence-corrected chi connectivity index (χ0v) is 17.3. The lowest BCUT2D eigenvalue weighted by atomic mass is 10.1. The summed E-state index contributed by atoms with van der Waals surface area (Å²) in [4.78, 5) is 38.8. The van der Waals surface area contributed by atoms with Crippen LogP contribution in [0.3, 0.4) is 0 Å². The second-order valence-electron chi connectivity index (χ2n) is 7.04. The molecule has 0 saturated carbocycles. The Morgan fingerprint density at radius 2 is 1.35 bits per heavy atom. The fourth-order valence-corrected chi connectivity index (χ4v) is 2.70. The predicted octanol–water partition coefficient (Wildman–Crippen LogP) is 2.96. The number of nitrogens with zero attached hydrogens (tertiary/aromatic N) is 2. The first-order chi connectivity index (χ1) is 12.4. The summed E-state index contributed by atoms with van der Waals surface area (Å²) < 4.78 is 0. The molecule has 0 spiro atoms. The molecule has 0 unspecified atom stereocenters. The van der Waals surface area contributed by atoms with Crippen molar-refractivity contribution in [2.75, 3.05) is 33.7 Å². The van der Waals surface area contributed by atoms with E-state index in [-0.39, 0.29) is 30.7 Å². The van der Waals surface area contributed by atoms with Crippen LogP contribution in [0.15, 0.2) is 0 Å². The van der Waals surface area contributed by atoms with E-state index in [2.05, 4.69) is 12.2 Å². The van der Waals surface area contributed by atoms with Crippen LogP contribution in [0.5, 0.6) is 0 Å². The van der Waals surface area contributed by atoms with Gasteiger partial charge in [0.15, 0.2) is 0 Å². The van der Waals surface area contributed by atoms with E-state index >= 15 is 0 Å². The van der Waals surface area contributed by atoms with Crippen LogP contribution in [0, 0.1) is 0 Å². The SMILES string of the molecule is CCCCCCCCCC(=O)NCCC(=O)N(C)CC(=O)N(C)CCC. The van der Waals surface area contributed by atoms with Crippen molar-refractivity contribution in [3.8, 4) is 0 Å². The fraction of sp³-hybridized carbons (Fsp3) is 0.850. The number of nitrogens with one attached hydrogen (secondary N) is 1. The van der Waals surface area contributed by atoms with E-state index in [0.29, 0.717) is 19.5 Å². The summed E-state index contributed by atoms with van der Waals surface area (Å²) in [7, 11) is 3.37. The Bertz CT molecular complexity index is 413. The molecular weight excluding hydrogens is 330 g/mol. The molecule has 0 saturated heterocycles. The van der Waals surface area contributed by atoms with Crippen LogP contribution in [-0.2, 0) is 14.4 Å². The van der Waals surface area contributed by atoms with Gasteiger partial charge in [0.25, 0.3) is 0 Å². The molecule has 0 rings (SSSR count). The molecule has 152 valence electrons. The molecule has 0 aliphatic rings. The number of carbonyl (C=O) groups is 3. The molecule has 0 bridgehead atoms. The van der Waals surface area contributed by atoms with Crippen molar-refractivity contribution in [3.63, 3.8) is 0 Å². The Morgan fingerprint density at radius 3 is 1.96 bits per heavy atom. The normalized spacial score (nSPS) is 10.5. The van der Waals surface area contributed by atoms with E-state index in [1.54, 1.807) is 19.0 Å². The summed E-state index contributed by atoms with van der Waals surface area (Å²) in [6.45, 7) is 5.32. The fourth-order valence-electron chi connectivity index (χ4n) is 2.70. The third kappa shape index (κ3) is 12.7. The zero-order chi connectivity index (χ0) is 19.8. The van der Waals surface area contributed by atoms with Gasteiger partial charge in [0.2, 0.25) is 17.7 Å². The Balaban J connectivity index is 3.76. The number of carbonyl (C=O) groups excluding carboxylic acids is 3. The molecule has 0 heterocycles.